The first-order chi connectivity index (χ1) is 8.46. The van der Waals surface area contributed by atoms with Crippen LogP contribution in [0.1, 0.15) is 25.2 Å². The van der Waals surface area contributed by atoms with Crippen LogP contribution < -0.4 is 5.73 Å². The molecule has 4 nitrogen and oxygen atoms in total. The van der Waals surface area contributed by atoms with Gasteiger partial charge in [-0.3, -0.25) is 4.57 Å². The van der Waals surface area contributed by atoms with Gasteiger partial charge in [-0.15, -0.1) is 0 Å². The highest BCUT2D eigenvalue weighted by molar-refractivity contribution is 9.10. The Morgan fingerprint density at radius 3 is 2.44 bits per heavy atom. The zero-order valence-electron chi connectivity index (χ0n) is 10.2. The molecule has 0 bridgehead atoms. The molecular formula is C11H16BrFNO3P. The Labute approximate surface area is 114 Å². The van der Waals surface area contributed by atoms with Gasteiger partial charge >= 0.3 is 7.60 Å². The van der Waals surface area contributed by atoms with Gasteiger partial charge in [-0.25, -0.2) is 4.39 Å². The lowest BCUT2D eigenvalue weighted by Gasteiger charge is -2.24. The second-order valence-electron chi connectivity index (χ2n) is 3.46. The second kappa shape index (κ2) is 6.78. The van der Waals surface area contributed by atoms with E-state index in [0.717, 1.165) is 0 Å². The third-order valence-corrected chi connectivity index (χ3v) is 5.29. The minimum Gasteiger partial charge on any atom is -0.314 e. The maximum Gasteiger partial charge on any atom is 0.351 e. The monoisotopic (exact) mass is 339 g/mol. The number of nitrogens with two attached hydrogens (primary N) is 1. The van der Waals surface area contributed by atoms with E-state index in [1.54, 1.807) is 19.9 Å². The molecule has 0 amide bonds. The van der Waals surface area contributed by atoms with Crippen molar-refractivity contribution in [2.75, 3.05) is 13.2 Å². The summed E-state index contributed by atoms with van der Waals surface area (Å²) in [5.74, 6) is -1.50. The Kier molecular flexibility index (Phi) is 5.95. The highest BCUT2D eigenvalue weighted by Crippen LogP contribution is 2.59. The summed E-state index contributed by atoms with van der Waals surface area (Å²) in [4.78, 5) is 0. The second-order valence-corrected chi connectivity index (χ2v) is 6.41. The SMILES string of the molecule is CCOP(=O)(OCC)[C@H](N)c1cccc(F)c1Br. The van der Waals surface area contributed by atoms with Crippen LogP contribution >= 0.6 is 23.5 Å². The molecule has 0 aliphatic rings. The van der Waals surface area contributed by atoms with E-state index < -0.39 is 19.2 Å². The van der Waals surface area contributed by atoms with Crippen LogP contribution in [0.15, 0.2) is 22.7 Å². The maximum atomic E-state index is 13.4. The Bertz CT molecular complexity index is 448. The Morgan fingerprint density at radius 1 is 1.39 bits per heavy atom. The number of rotatable bonds is 6. The zero-order chi connectivity index (χ0) is 13.8. The fourth-order valence-corrected chi connectivity index (χ4v) is 3.84. The highest BCUT2D eigenvalue weighted by atomic mass is 79.9. The zero-order valence-corrected chi connectivity index (χ0v) is 12.7. The Morgan fingerprint density at radius 2 is 1.94 bits per heavy atom. The quantitative estimate of drug-likeness (QED) is 0.800. The predicted octanol–water partition coefficient (Wildman–Crippen LogP) is 3.81. The average Bonchev–Trinajstić information content (AvgIpc) is 2.32. The third-order valence-electron chi connectivity index (χ3n) is 2.26. The van der Waals surface area contributed by atoms with Crippen molar-refractivity contribution in [2.45, 2.75) is 19.6 Å². The van der Waals surface area contributed by atoms with Crippen molar-refractivity contribution >= 4 is 23.5 Å². The normalized spacial score (nSPS) is 13.6. The van der Waals surface area contributed by atoms with Crippen LogP contribution in [0.5, 0.6) is 0 Å². The summed E-state index contributed by atoms with van der Waals surface area (Å²) in [6.07, 6.45) is 0. The molecule has 1 aromatic carbocycles. The highest BCUT2D eigenvalue weighted by Gasteiger charge is 2.35. The van der Waals surface area contributed by atoms with Crippen molar-refractivity contribution in [1.29, 1.82) is 0 Å². The van der Waals surface area contributed by atoms with Crippen molar-refractivity contribution in [3.63, 3.8) is 0 Å². The van der Waals surface area contributed by atoms with Gasteiger partial charge in [-0.2, -0.15) is 0 Å². The van der Waals surface area contributed by atoms with Crippen LogP contribution in [-0.4, -0.2) is 13.2 Å². The molecule has 1 aromatic rings. The molecule has 0 fully saturated rings. The first-order valence-corrected chi connectivity index (χ1v) is 7.95. The summed E-state index contributed by atoms with van der Waals surface area (Å²) in [5, 5.41) is 0. The lowest BCUT2D eigenvalue weighted by Crippen LogP contribution is -2.16. The molecule has 0 aliphatic carbocycles. The van der Waals surface area contributed by atoms with E-state index in [1.807, 2.05) is 0 Å². The minimum absolute atomic E-state index is 0.178. The topological polar surface area (TPSA) is 61.5 Å². The van der Waals surface area contributed by atoms with Crippen molar-refractivity contribution in [1.82, 2.24) is 0 Å². The lowest BCUT2D eigenvalue weighted by molar-refractivity contribution is 0.212. The van der Waals surface area contributed by atoms with Crippen LogP contribution in [0.2, 0.25) is 0 Å². The molecule has 0 spiro atoms. The van der Waals surface area contributed by atoms with Gasteiger partial charge in [-0.1, -0.05) is 12.1 Å². The molecule has 0 radical (unpaired) electrons. The maximum absolute atomic E-state index is 13.4. The van der Waals surface area contributed by atoms with Gasteiger partial charge in [0.25, 0.3) is 0 Å². The molecule has 0 unspecified atom stereocenters. The standard InChI is InChI=1S/C11H16BrFNO3P/c1-3-16-18(15,17-4-2)11(14)8-6-5-7-9(13)10(8)12/h5-7,11H,3-4,14H2,1-2H3/t11-/m0/s1. The smallest absolute Gasteiger partial charge is 0.314 e. The summed E-state index contributed by atoms with van der Waals surface area (Å²) >= 11 is 3.09. The van der Waals surface area contributed by atoms with Crippen LogP contribution in [0.25, 0.3) is 0 Å². The molecule has 0 aromatic heterocycles. The van der Waals surface area contributed by atoms with Crippen molar-refractivity contribution in [3.05, 3.63) is 34.1 Å². The van der Waals surface area contributed by atoms with Crippen molar-refractivity contribution < 1.29 is 18.0 Å². The molecular weight excluding hydrogens is 324 g/mol. The molecule has 0 saturated carbocycles. The van der Waals surface area contributed by atoms with Gasteiger partial charge in [0.1, 0.15) is 11.6 Å². The number of hydrogen-bond acceptors (Lipinski definition) is 4. The molecule has 1 rings (SSSR count). The predicted molar refractivity (Wildman–Crippen MR) is 71.9 cm³/mol. The molecule has 7 heteroatoms. The van der Waals surface area contributed by atoms with Gasteiger partial charge in [0, 0.05) is 0 Å². The molecule has 0 saturated heterocycles. The van der Waals surface area contributed by atoms with E-state index >= 15 is 0 Å². The van der Waals surface area contributed by atoms with Crippen LogP contribution in [0.3, 0.4) is 0 Å². The summed E-state index contributed by atoms with van der Waals surface area (Å²) in [5.41, 5.74) is 6.27. The third kappa shape index (κ3) is 3.39. The molecule has 18 heavy (non-hydrogen) atoms. The summed E-state index contributed by atoms with van der Waals surface area (Å²) in [6, 6.07) is 4.37. The van der Waals surface area contributed by atoms with E-state index in [-0.39, 0.29) is 17.7 Å². The van der Waals surface area contributed by atoms with Gasteiger partial charge in [0.2, 0.25) is 0 Å². The minimum atomic E-state index is -3.50. The van der Waals surface area contributed by atoms with E-state index in [1.165, 1.54) is 12.1 Å². The summed E-state index contributed by atoms with van der Waals surface area (Å²) < 4.78 is 36.4. The van der Waals surface area contributed by atoms with E-state index in [2.05, 4.69) is 15.9 Å². The van der Waals surface area contributed by atoms with Gasteiger partial charge in [-0.05, 0) is 41.4 Å². The van der Waals surface area contributed by atoms with Gasteiger partial charge in [0.15, 0.2) is 0 Å². The lowest BCUT2D eigenvalue weighted by atomic mass is 10.2. The van der Waals surface area contributed by atoms with Gasteiger partial charge < -0.3 is 14.8 Å². The van der Waals surface area contributed by atoms with Gasteiger partial charge in [0.05, 0.1) is 17.7 Å². The van der Waals surface area contributed by atoms with E-state index in [9.17, 15) is 8.96 Å². The summed E-state index contributed by atoms with van der Waals surface area (Å²) in [7, 11) is -3.50. The first kappa shape index (κ1) is 15.8. The number of benzene rings is 1. The number of hydrogen-bond donors (Lipinski definition) is 1. The molecule has 2 N–H and O–H groups in total. The molecule has 1 atom stereocenters. The first-order valence-electron chi connectivity index (χ1n) is 5.54. The summed E-state index contributed by atoms with van der Waals surface area (Å²) in [6.45, 7) is 3.80. The van der Waals surface area contributed by atoms with Crippen LogP contribution in [0.4, 0.5) is 4.39 Å². The van der Waals surface area contributed by atoms with Crippen LogP contribution in [0, 0.1) is 5.82 Å². The fraction of sp³-hybridized carbons (Fsp3) is 0.455. The van der Waals surface area contributed by atoms with Crippen molar-refractivity contribution in [3.8, 4) is 0 Å². The fourth-order valence-electron chi connectivity index (χ4n) is 1.48. The Balaban J connectivity index is 3.13. The van der Waals surface area contributed by atoms with Crippen LogP contribution in [-0.2, 0) is 13.6 Å². The van der Waals surface area contributed by atoms with E-state index in [0.29, 0.717) is 5.56 Å². The molecule has 0 aliphatic heterocycles. The number of halogens is 2. The Hall–Kier alpha value is -0.260. The molecule has 102 valence electrons. The van der Waals surface area contributed by atoms with Crippen molar-refractivity contribution in [2.24, 2.45) is 5.73 Å². The largest absolute Gasteiger partial charge is 0.351 e. The average molecular weight is 340 g/mol. The molecule has 0 heterocycles. The van der Waals surface area contributed by atoms with E-state index in [4.69, 9.17) is 14.8 Å².